The van der Waals surface area contributed by atoms with Crippen molar-refractivity contribution in [3.05, 3.63) is 0 Å². The first kappa shape index (κ1) is 5.89. The minimum Gasteiger partial charge on any atom is -0.544 e. The van der Waals surface area contributed by atoms with Crippen LogP contribution < -0.4 is 34.7 Å². The second kappa shape index (κ2) is 4.04. The molecule has 0 unspecified atom stereocenters. The summed E-state index contributed by atoms with van der Waals surface area (Å²) < 4.78 is 14.2. The minimum absolute atomic E-state index is 0. The van der Waals surface area contributed by atoms with Crippen molar-refractivity contribution in [3.8, 4) is 0 Å². The molecule has 0 spiro atoms. The SMILES string of the molecule is [2H]C1([2H])CCN=C1C(=O)[O-].[Na+]. The van der Waals surface area contributed by atoms with E-state index in [9.17, 15) is 9.90 Å². The van der Waals surface area contributed by atoms with E-state index < -0.39 is 18.1 Å². The van der Waals surface area contributed by atoms with E-state index in [-0.39, 0.29) is 42.5 Å². The van der Waals surface area contributed by atoms with Gasteiger partial charge in [-0.25, -0.2) is 0 Å². The maximum absolute atomic E-state index is 10.1. The van der Waals surface area contributed by atoms with Gasteiger partial charge in [0.1, 0.15) is 0 Å². The Morgan fingerprint density at radius 2 is 2.56 bits per heavy atom. The van der Waals surface area contributed by atoms with E-state index in [4.69, 9.17) is 2.74 Å². The number of hydrogen-bond acceptors (Lipinski definition) is 3. The summed E-state index contributed by atoms with van der Waals surface area (Å²) in [7, 11) is 0. The minimum atomic E-state index is -1.78. The van der Waals surface area contributed by atoms with Crippen molar-refractivity contribution in [2.24, 2.45) is 4.99 Å². The predicted molar refractivity (Wildman–Crippen MR) is 26.5 cm³/mol. The van der Waals surface area contributed by atoms with Gasteiger partial charge in [-0.2, -0.15) is 0 Å². The molecule has 1 heterocycles. The van der Waals surface area contributed by atoms with Crippen LogP contribution in [0.3, 0.4) is 0 Å². The molecule has 4 heteroatoms. The second-order valence-corrected chi connectivity index (χ2v) is 1.44. The molecule has 0 fully saturated rings. The van der Waals surface area contributed by atoms with Crippen LogP contribution in [0.5, 0.6) is 0 Å². The molecule has 0 aromatic heterocycles. The van der Waals surface area contributed by atoms with Crippen molar-refractivity contribution >= 4 is 11.7 Å². The third-order valence-electron chi connectivity index (χ3n) is 0.868. The monoisotopic (exact) mass is 137 g/mol. The van der Waals surface area contributed by atoms with Gasteiger partial charge < -0.3 is 9.90 Å². The molecule has 0 radical (unpaired) electrons. The van der Waals surface area contributed by atoms with Crippen molar-refractivity contribution in [2.45, 2.75) is 12.8 Å². The fourth-order valence-electron chi connectivity index (χ4n) is 0.535. The van der Waals surface area contributed by atoms with E-state index in [1.165, 1.54) is 0 Å². The number of aliphatic imine (C=N–C) groups is 1. The molecule has 0 atom stereocenters. The Labute approximate surface area is 78.3 Å². The number of aliphatic carboxylic acids is 1. The van der Waals surface area contributed by atoms with Gasteiger partial charge in [0, 0.05) is 9.29 Å². The van der Waals surface area contributed by atoms with Gasteiger partial charge in [-0.15, -0.1) is 0 Å². The van der Waals surface area contributed by atoms with E-state index in [2.05, 4.69) is 4.99 Å². The summed E-state index contributed by atoms with van der Waals surface area (Å²) >= 11 is 0. The molecule has 0 aromatic rings. The zero-order valence-corrected chi connectivity index (χ0v) is 7.18. The number of rotatable bonds is 1. The van der Waals surface area contributed by atoms with Crippen LogP contribution in [0.15, 0.2) is 4.99 Å². The van der Waals surface area contributed by atoms with Crippen molar-refractivity contribution in [1.29, 1.82) is 0 Å². The zero-order valence-electron chi connectivity index (χ0n) is 7.18. The van der Waals surface area contributed by atoms with Gasteiger partial charge >= 0.3 is 29.6 Å². The third kappa shape index (κ3) is 2.47. The van der Waals surface area contributed by atoms with E-state index in [0.717, 1.165) is 0 Å². The number of nitrogens with zero attached hydrogens (tertiary/aromatic N) is 1. The molecule has 1 aliphatic rings. The largest absolute Gasteiger partial charge is 1.00 e. The summed E-state index contributed by atoms with van der Waals surface area (Å²) in [5, 5.41) is 10.1. The van der Waals surface area contributed by atoms with Gasteiger partial charge in [-0.1, -0.05) is 0 Å². The molecule has 0 amide bonds. The Balaban J connectivity index is 0.000001000. The van der Waals surface area contributed by atoms with Gasteiger partial charge in [-0.05, 0) is 12.8 Å². The summed E-state index contributed by atoms with van der Waals surface area (Å²) in [6.07, 6.45) is -1.63. The topological polar surface area (TPSA) is 52.5 Å². The molecular weight excluding hydrogens is 129 g/mol. The predicted octanol–water partition coefficient (Wildman–Crippen LogP) is -4.02. The molecule has 0 N–H and O–H groups in total. The van der Waals surface area contributed by atoms with Gasteiger partial charge in [0.2, 0.25) is 0 Å². The van der Waals surface area contributed by atoms with Gasteiger partial charge in [0.25, 0.3) is 0 Å². The Bertz CT molecular complexity index is 205. The first-order valence-electron chi connectivity index (χ1n) is 3.30. The molecule has 1 rings (SSSR count). The van der Waals surface area contributed by atoms with Crippen LogP contribution in [-0.4, -0.2) is 18.2 Å². The maximum Gasteiger partial charge on any atom is 1.00 e. The fourth-order valence-corrected chi connectivity index (χ4v) is 0.535. The van der Waals surface area contributed by atoms with Gasteiger partial charge in [0.05, 0.1) is 11.7 Å². The van der Waals surface area contributed by atoms with Crippen LogP contribution in [0.4, 0.5) is 0 Å². The first-order valence-corrected chi connectivity index (χ1v) is 2.30. The van der Waals surface area contributed by atoms with E-state index in [1.807, 2.05) is 0 Å². The molecule has 0 bridgehead atoms. The van der Waals surface area contributed by atoms with Crippen LogP contribution in [0.25, 0.3) is 0 Å². The summed E-state index contributed by atoms with van der Waals surface area (Å²) in [6, 6.07) is 0. The average Bonchev–Trinajstić information content (AvgIpc) is 2.08. The normalized spacial score (nSPS) is 25.1. The molecule has 0 saturated carbocycles. The average molecular weight is 137 g/mol. The van der Waals surface area contributed by atoms with Crippen LogP contribution in [0, 0.1) is 0 Å². The summed E-state index contributed by atoms with van der Waals surface area (Å²) in [5.74, 6) is -1.50. The molecule has 3 nitrogen and oxygen atoms in total. The maximum atomic E-state index is 10.1. The smallest absolute Gasteiger partial charge is 0.544 e. The number of carbonyl (C=O) groups is 1. The van der Waals surface area contributed by atoms with Gasteiger partial charge in [0.15, 0.2) is 0 Å². The van der Waals surface area contributed by atoms with Crippen molar-refractivity contribution < 1.29 is 42.2 Å². The van der Waals surface area contributed by atoms with Crippen LogP contribution >= 0.6 is 0 Å². The van der Waals surface area contributed by atoms with Crippen LogP contribution in [0.1, 0.15) is 15.5 Å². The summed E-state index contributed by atoms with van der Waals surface area (Å²) in [4.78, 5) is 13.6. The van der Waals surface area contributed by atoms with Crippen molar-refractivity contribution in [3.63, 3.8) is 0 Å². The Morgan fingerprint density at radius 3 is 2.78 bits per heavy atom. The molecule has 0 aromatic carbocycles. The summed E-state index contributed by atoms with van der Waals surface area (Å²) in [6.45, 7) is 0.246. The molecule has 1 aliphatic heterocycles. The first-order chi connectivity index (χ1) is 4.54. The van der Waals surface area contributed by atoms with E-state index in [1.54, 1.807) is 0 Å². The molecular formula is C5H6NNaO2. The Morgan fingerprint density at radius 1 is 1.89 bits per heavy atom. The van der Waals surface area contributed by atoms with Crippen LogP contribution in [0.2, 0.25) is 0 Å². The number of hydrogen-bond donors (Lipinski definition) is 0. The van der Waals surface area contributed by atoms with Crippen LogP contribution in [-0.2, 0) is 4.79 Å². The number of carbonyl (C=O) groups excluding carboxylic acids is 1. The Kier molecular flexibility index (Phi) is 2.64. The second-order valence-electron chi connectivity index (χ2n) is 1.44. The van der Waals surface area contributed by atoms with Crippen molar-refractivity contribution in [1.82, 2.24) is 0 Å². The summed E-state index contributed by atoms with van der Waals surface area (Å²) in [5.41, 5.74) is -0.451. The standard InChI is InChI=1S/C5H7NO2.Na/c7-5(8)4-2-1-3-6-4;/h1-3H2,(H,7,8);/q;+1/p-1/i2D2;. The van der Waals surface area contributed by atoms with Crippen molar-refractivity contribution in [2.75, 3.05) is 6.54 Å². The number of carboxylic acids is 1. The number of carboxylic acid groups (broad SMARTS) is 1. The van der Waals surface area contributed by atoms with E-state index in [0.29, 0.717) is 0 Å². The molecule has 9 heavy (non-hydrogen) atoms. The van der Waals surface area contributed by atoms with E-state index >= 15 is 0 Å². The molecule has 0 aliphatic carbocycles. The fraction of sp³-hybridized carbons (Fsp3) is 0.600. The molecule has 44 valence electrons. The third-order valence-corrected chi connectivity index (χ3v) is 0.868. The van der Waals surface area contributed by atoms with Gasteiger partial charge in [-0.3, -0.25) is 4.99 Å². The molecule has 0 saturated heterocycles. The Hall–Kier alpha value is 0.140. The quantitative estimate of drug-likeness (QED) is 0.346. The zero-order chi connectivity index (χ0) is 7.78.